The van der Waals surface area contributed by atoms with Crippen molar-refractivity contribution in [2.24, 2.45) is 0 Å². The lowest BCUT2D eigenvalue weighted by atomic mass is 9.84. The standard InChI is InChI=1S/C15H15F2NO/c1-3-15(19,14-7-6-12(17)9-18-14)13-8-11(16)5-4-10(13)2/h4-9,19H,3H2,1-2H3. The van der Waals surface area contributed by atoms with E-state index in [1.54, 1.807) is 19.9 Å². The molecule has 2 rings (SSSR count). The molecule has 19 heavy (non-hydrogen) atoms. The molecular formula is C15H15F2NO. The van der Waals surface area contributed by atoms with Crippen molar-refractivity contribution < 1.29 is 13.9 Å². The summed E-state index contributed by atoms with van der Waals surface area (Å²) in [6, 6.07) is 6.90. The van der Waals surface area contributed by atoms with Gasteiger partial charge in [-0.25, -0.2) is 8.78 Å². The Bertz CT molecular complexity index is 583. The molecule has 0 saturated heterocycles. The van der Waals surface area contributed by atoms with E-state index >= 15 is 0 Å². The molecule has 0 aliphatic rings. The van der Waals surface area contributed by atoms with Crippen LogP contribution in [0.4, 0.5) is 8.78 Å². The van der Waals surface area contributed by atoms with Crippen molar-refractivity contribution in [1.29, 1.82) is 0 Å². The van der Waals surface area contributed by atoms with Crippen molar-refractivity contribution in [2.45, 2.75) is 25.9 Å². The Hall–Kier alpha value is -1.81. The molecule has 1 unspecified atom stereocenters. The minimum absolute atomic E-state index is 0.310. The van der Waals surface area contributed by atoms with Gasteiger partial charge < -0.3 is 5.11 Å². The third kappa shape index (κ3) is 2.49. The number of hydrogen-bond donors (Lipinski definition) is 1. The Balaban J connectivity index is 2.59. The molecule has 1 heterocycles. The summed E-state index contributed by atoms with van der Waals surface area (Å²) in [5, 5.41) is 10.8. The van der Waals surface area contributed by atoms with Crippen LogP contribution in [0.3, 0.4) is 0 Å². The molecule has 1 aromatic heterocycles. The first-order valence-corrected chi connectivity index (χ1v) is 6.08. The van der Waals surface area contributed by atoms with Gasteiger partial charge in [-0.3, -0.25) is 4.98 Å². The van der Waals surface area contributed by atoms with Crippen molar-refractivity contribution in [2.75, 3.05) is 0 Å². The van der Waals surface area contributed by atoms with Crippen LogP contribution in [-0.2, 0) is 5.60 Å². The maximum atomic E-state index is 13.4. The molecule has 0 aliphatic carbocycles. The summed E-state index contributed by atoms with van der Waals surface area (Å²) in [7, 11) is 0. The average Bonchev–Trinajstić information content (AvgIpc) is 2.41. The third-order valence-corrected chi connectivity index (χ3v) is 3.31. The highest BCUT2D eigenvalue weighted by Gasteiger charge is 2.32. The lowest BCUT2D eigenvalue weighted by molar-refractivity contribution is 0.0708. The number of aliphatic hydroxyl groups is 1. The molecule has 4 heteroatoms. The number of benzene rings is 1. The normalized spacial score (nSPS) is 14.2. The molecule has 0 amide bonds. The van der Waals surface area contributed by atoms with Crippen LogP contribution in [0.5, 0.6) is 0 Å². The van der Waals surface area contributed by atoms with Crippen LogP contribution >= 0.6 is 0 Å². The van der Waals surface area contributed by atoms with Crippen LogP contribution in [0, 0.1) is 18.6 Å². The zero-order valence-corrected chi connectivity index (χ0v) is 10.8. The van der Waals surface area contributed by atoms with Gasteiger partial charge in [-0.05, 0) is 48.7 Å². The Morgan fingerprint density at radius 2 is 1.84 bits per heavy atom. The smallest absolute Gasteiger partial charge is 0.141 e. The number of pyridine rings is 1. The van der Waals surface area contributed by atoms with Gasteiger partial charge in [0.05, 0.1) is 11.9 Å². The van der Waals surface area contributed by atoms with Crippen molar-refractivity contribution in [3.63, 3.8) is 0 Å². The van der Waals surface area contributed by atoms with Gasteiger partial charge in [0, 0.05) is 0 Å². The van der Waals surface area contributed by atoms with E-state index in [-0.39, 0.29) is 0 Å². The monoisotopic (exact) mass is 263 g/mol. The van der Waals surface area contributed by atoms with Crippen LogP contribution in [-0.4, -0.2) is 10.1 Å². The van der Waals surface area contributed by atoms with Crippen LogP contribution in [0.25, 0.3) is 0 Å². The number of halogens is 2. The zero-order chi connectivity index (χ0) is 14.0. The maximum Gasteiger partial charge on any atom is 0.141 e. The van der Waals surface area contributed by atoms with E-state index in [1.807, 2.05) is 0 Å². The van der Waals surface area contributed by atoms with E-state index in [4.69, 9.17) is 0 Å². The Kier molecular flexibility index (Phi) is 3.62. The van der Waals surface area contributed by atoms with Gasteiger partial charge in [-0.1, -0.05) is 13.0 Å². The zero-order valence-electron chi connectivity index (χ0n) is 10.8. The second kappa shape index (κ2) is 5.05. The predicted molar refractivity (Wildman–Crippen MR) is 68.6 cm³/mol. The molecule has 2 aromatic rings. The van der Waals surface area contributed by atoms with E-state index in [0.717, 1.165) is 11.8 Å². The molecular weight excluding hydrogens is 248 g/mol. The quantitative estimate of drug-likeness (QED) is 0.921. The highest BCUT2D eigenvalue weighted by molar-refractivity contribution is 5.38. The first-order chi connectivity index (χ1) is 8.97. The van der Waals surface area contributed by atoms with Gasteiger partial charge in [0.1, 0.15) is 17.2 Å². The average molecular weight is 263 g/mol. The van der Waals surface area contributed by atoms with E-state index in [2.05, 4.69) is 4.98 Å². The molecule has 1 atom stereocenters. The van der Waals surface area contributed by atoms with E-state index < -0.39 is 17.2 Å². The summed E-state index contributed by atoms with van der Waals surface area (Å²) >= 11 is 0. The summed E-state index contributed by atoms with van der Waals surface area (Å²) in [6.07, 6.45) is 1.36. The lowest BCUT2D eigenvalue weighted by Crippen LogP contribution is -2.28. The topological polar surface area (TPSA) is 33.1 Å². The van der Waals surface area contributed by atoms with Gasteiger partial charge in [-0.2, -0.15) is 0 Å². The molecule has 1 aromatic carbocycles. The highest BCUT2D eigenvalue weighted by atomic mass is 19.1. The van der Waals surface area contributed by atoms with Crippen molar-refractivity contribution >= 4 is 0 Å². The maximum absolute atomic E-state index is 13.4. The van der Waals surface area contributed by atoms with Crippen LogP contribution in [0.2, 0.25) is 0 Å². The first kappa shape index (κ1) is 13.6. The molecule has 1 N–H and O–H groups in total. The Morgan fingerprint density at radius 3 is 2.42 bits per heavy atom. The number of hydrogen-bond acceptors (Lipinski definition) is 2. The Labute approximate surface area is 110 Å². The third-order valence-electron chi connectivity index (χ3n) is 3.31. The van der Waals surface area contributed by atoms with Gasteiger partial charge in [0.25, 0.3) is 0 Å². The molecule has 0 radical (unpaired) electrons. The number of nitrogens with zero attached hydrogens (tertiary/aromatic N) is 1. The second-order valence-corrected chi connectivity index (χ2v) is 4.53. The van der Waals surface area contributed by atoms with Gasteiger partial charge in [0.2, 0.25) is 0 Å². The minimum Gasteiger partial charge on any atom is -0.379 e. The molecule has 0 fully saturated rings. The van der Waals surface area contributed by atoms with Gasteiger partial charge in [0.15, 0.2) is 0 Å². The largest absolute Gasteiger partial charge is 0.379 e. The fourth-order valence-electron chi connectivity index (χ4n) is 2.17. The number of aryl methyl sites for hydroxylation is 1. The predicted octanol–water partition coefficient (Wildman–Crippen LogP) is 3.31. The molecule has 100 valence electrons. The van der Waals surface area contributed by atoms with Crippen LogP contribution in [0.15, 0.2) is 36.5 Å². The van der Waals surface area contributed by atoms with Crippen LogP contribution < -0.4 is 0 Å². The summed E-state index contributed by atoms with van der Waals surface area (Å²) in [6.45, 7) is 3.56. The van der Waals surface area contributed by atoms with E-state index in [0.29, 0.717) is 17.7 Å². The van der Waals surface area contributed by atoms with E-state index in [9.17, 15) is 13.9 Å². The van der Waals surface area contributed by atoms with Gasteiger partial charge >= 0.3 is 0 Å². The number of rotatable bonds is 3. The molecule has 0 aliphatic heterocycles. The minimum atomic E-state index is -1.42. The first-order valence-electron chi connectivity index (χ1n) is 6.08. The molecule has 0 bridgehead atoms. The molecule has 0 spiro atoms. The fraction of sp³-hybridized carbons (Fsp3) is 0.267. The SMILES string of the molecule is CCC(O)(c1ccc(F)cn1)c1cc(F)ccc1C. The van der Waals surface area contributed by atoms with Crippen LogP contribution in [0.1, 0.15) is 30.2 Å². The summed E-state index contributed by atoms with van der Waals surface area (Å²) < 4.78 is 26.3. The summed E-state index contributed by atoms with van der Waals surface area (Å²) in [5.41, 5.74) is 0.107. The Morgan fingerprint density at radius 1 is 1.16 bits per heavy atom. The summed E-state index contributed by atoms with van der Waals surface area (Å²) in [4.78, 5) is 3.92. The van der Waals surface area contributed by atoms with E-state index in [1.165, 1.54) is 24.3 Å². The van der Waals surface area contributed by atoms with Gasteiger partial charge in [-0.15, -0.1) is 0 Å². The number of aromatic nitrogens is 1. The highest BCUT2D eigenvalue weighted by Crippen LogP contribution is 2.34. The summed E-state index contributed by atoms with van der Waals surface area (Å²) in [5.74, 6) is -0.896. The van der Waals surface area contributed by atoms with Crippen molar-refractivity contribution in [3.8, 4) is 0 Å². The second-order valence-electron chi connectivity index (χ2n) is 4.53. The van der Waals surface area contributed by atoms with Crippen molar-refractivity contribution in [3.05, 3.63) is 65.0 Å². The van der Waals surface area contributed by atoms with Crippen molar-refractivity contribution in [1.82, 2.24) is 4.98 Å². The molecule has 0 saturated carbocycles. The molecule has 2 nitrogen and oxygen atoms in total. The fourth-order valence-corrected chi connectivity index (χ4v) is 2.17. The lowest BCUT2D eigenvalue weighted by Gasteiger charge is -2.28.